The SMILES string of the molecule is Cc1cc(C)cc(N(C)CCNc2ccc(Cl)cc2)c1. The zero-order valence-corrected chi connectivity index (χ0v) is 13.0. The first-order valence-corrected chi connectivity index (χ1v) is 7.21. The van der Waals surface area contributed by atoms with E-state index in [1.165, 1.54) is 16.8 Å². The van der Waals surface area contributed by atoms with Gasteiger partial charge in [0.2, 0.25) is 0 Å². The zero-order chi connectivity index (χ0) is 14.5. The fourth-order valence-corrected chi connectivity index (χ4v) is 2.36. The molecule has 0 unspecified atom stereocenters. The Hall–Kier alpha value is -1.67. The molecule has 0 radical (unpaired) electrons. The summed E-state index contributed by atoms with van der Waals surface area (Å²) in [6.07, 6.45) is 0. The van der Waals surface area contributed by atoms with Crippen LogP contribution < -0.4 is 10.2 Å². The maximum atomic E-state index is 5.87. The fraction of sp³-hybridized carbons (Fsp3) is 0.294. The highest BCUT2D eigenvalue weighted by atomic mass is 35.5. The molecule has 0 aliphatic heterocycles. The van der Waals surface area contributed by atoms with Gasteiger partial charge in [-0.25, -0.2) is 0 Å². The predicted octanol–water partition coefficient (Wildman–Crippen LogP) is 4.51. The summed E-state index contributed by atoms with van der Waals surface area (Å²) in [4.78, 5) is 2.27. The molecule has 0 atom stereocenters. The van der Waals surface area contributed by atoms with Crippen LogP contribution in [0.1, 0.15) is 11.1 Å². The summed E-state index contributed by atoms with van der Waals surface area (Å²) >= 11 is 5.87. The molecular weight excluding hydrogens is 268 g/mol. The second-order valence-electron chi connectivity index (χ2n) is 5.20. The second kappa shape index (κ2) is 6.67. The molecule has 0 spiro atoms. The summed E-state index contributed by atoms with van der Waals surface area (Å²) in [7, 11) is 2.12. The molecule has 0 saturated carbocycles. The maximum Gasteiger partial charge on any atom is 0.0407 e. The van der Waals surface area contributed by atoms with Gasteiger partial charge in [-0.3, -0.25) is 0 Å². The molecule has 0 heterocycles. The monoisotopic (exact) mass is 288 g/mol. The third-order valence-corrected chi connectivity index (χ3v) is 3.52. The first-order chi connectivity index (χ1) is 9.54. The number of aryl methyl sites for hydroxylation is 2. The molecule has 2 rings (SSSR count). The van der Waals surface area contributed by atoms with E-state index in [1.54, 1.807) is 0 Å². The molecule has 0 aliphatic carbocycles. The van der Waals surface area contributed by atoms with Gasteiger partial charge in [0.1, 0.15) is 0 Å². The summed E-state index contributed by atoms with van der Waals surface area (Å²) in [5, 5.41) is 4.17. The molecule has 2 nitrogen and oxygen atoms in total. The van der Waals surface area contributed by atoms with Crippen LogP contribution >= 0.6 is 11.6 Å². The number of anilines is 2. The normalized spacial score (nSPS) is 10.4. The van der Waals surface area contributed by atoms with Crippen molar-refractivity contribution in [1.82, 2.24) is 0 Å². The van der Waals surface area contributed by atoms with E-state index in [4.69, 9.17) is 11.6 Å². The summed E-state index contributed by atoms with van der Waals surface area (Å²) in [6.45, 7) is 6.11. The van der Waals surface area contributed by atoms with Gasteiger partial charge in [-0.1, -0.05) is 17.7 Å². The van der Waals surface area contributed by atoms with Crippen LogP contribution in [0.4, 0.5) is 11.4 Å². The lowest BCUT2D eigenvalue weighted by atomic mass is 10.1. The van der Waals surface area contributed by atoms with Crippen LogP contribution in [0.2, 0.25) is 5.02 Å². The molecule has 0 saturated heterocycles. The van der Waals surface area contributed by atoms with Crippen molar-refractivity contribution in [3.05, 3.63) is 58.6 Å². The summed E-state index contributed by atoms with van der Waals surface area (Å²) < 4.78 is 0. The molecule has 3 heteroatoms. The second-order valence-corrected chi connectivity index (χ2v) is 5.64. The third-order valence-electron chi connectivity index (χ3n) is 3.27. The average molecular weight is 289 g/mol. The highest BCUT2D eigenvalue weighted by Gasteiger charge is 2.02. The van der Waals surface area contributed by atoms with Crippen LogP contribution in [0.3, 0.4) is 0 Å². The number of hydrogen-bond acceptors (Lipinski definition) is 2. The number of benzene rings is 2. The summed E-state index contributed by atoms with van der Waals surface area (Å²) in [5.41, 5.74) is 4.97. The Labute approximate surface area is 126 Å². The van der Waals surface area contributed by atoms with Gasteiger partial charge in [0.15, 0.2) is 0 Å². The van der Waals surface area contributed by atoms with Crippen molar-refractivity contribution in [1.29, 1.82) is 0 Å². The van der Waals surface area contributed by atoms with E-state index in [-0.39, 0.29) is 0 Å². The zero-order valence-electron chi connectivity index (χ0n) is 12.3. The average Bonchev–Trinajstić information content (AvgIpc) is 2.40. The van der Waals surface area contributed by atoms with Gasteiger partial charge in [-0.05, 0) is 61.4 Å². The van der Waals surface area contributed by atoms with Gasteiger partial charge < -0.3 is 10.2 Å². The Kier molecular flexibility index (Phi) is 4.91. The van der Waals surface area contributed by atoms with E-state index in [1.807, 2.05) is 24.3 Å². The van der Waals surface area contributed by atoms with Crippen LogP contribution in [-0.2, 0) is 0 Å². The van der Waals surface area contributed by atoms with E-state index < -0.39 is 0 Å². The number of nitrogens with zero attached hydrogens (tertiary/aromatic N) is 1. The number of rotatable bonds is 5. The largest absolute Gasteiger partial charge is 0.383 e. The molecule has 106 valence electrons. The van der Waals surface area contributed by atoms with E-state index in [0.29, 0.717) is 0 Å². The highest BCUT2D eigenvalue weighted by molar-refractivity contribution is 6.30. The Morgan fingerprint density at radius 1 is 1.00 bits per heavy atom. The standard InChI is InChI=1S/C17H21ClN2/c1-13-10-14(2)12-17(11-13)20(3)9-8-19-16-6-4-15(18)5-7-16/h4-7,10-12,19H,8-9H2,1-3H3. The Morgan fingerprint density at radius 3 is 2.20 bits per heavy atom. The fourth-order valence-electron chi connectivity index (χ4n) is 2.24. The quantitative estimate of drug-likeness (QED) is 0.871. The summed E-state index contributed by atoms with van der Waals surface area (Å²) in [5.74, 6) is 0. The minimum atomic E-state index is 0.767. The molecule has 0 amide bonds. The molecule has 0 aromatic heterocycles. The molecular formula is C17H21ClN2. The number of likely N-dealkylation sites (N-methyl/N-ethyl adjacent to an activating group) is 1. The van der Waals surface area contributed by atoms with Crippen molar-refractivity contribution in [2.45, 2.75) is 13.8 Å². The van der Waals surface area contributed by atoms with Crippen molar-refractivity contribution < 1.29 is 0 Å². The molecule has 20 heavy (non-hydrogen) atoms. The third kappa shape index (κ3) is 4.17. The number of nitrogens with one attached hydrogen (secondary N) is 1. The van der Waals surface area contributed by atoms with Crippen molar-refractivity contribution in [3.63, 3.8) is 0 Å². The van der Waals surface area contributed by atoms with Gasteiger partial charge in [0.05, 0.1) is 0 Å². The minimum Gasteiger partial charge on any atom is -0.383 e. The van der Waals surface area contributed by atoms with Gasteiger partial charge >= 0.3 is 0 Å². The first-order valence-electron chi connectivity index (χ1n) is 6.83. The van der Waals surface area contributed by atoms with Crippen LogP contribution in [0.5, 0.6) is 0 Å². The molecule has 2 aromatic rings. The lowest BCUT2D eigenvalue weighted by Crippen LogP contribution is -2.24. The number of halogens is 1. The van der Waals surface area contributed by atoms with Crippen LogP contribution in [0.25, 0.3) is 0 Å². The van der Waals surface area contributed by atoms with E-state index in [0.717, 1.165) is 23.8 Å². The Balaban J connectivity index is 1.88. The van der Waals surface area contributed by atoms with Crippen molar-refractivity contribution in [2.75, 3.05) is 30.4 Å². The topological polar surface area (TPSA) is 15.3 Å². The first kappa shape index (κ1) is 14.7. The smallest absolute Gasteiger partial charge is 0.0407 e. The lowest BCUT2D eigenvalue weighted by Gasteiger charge is -2.21. The summed E-state index contributed by atoms with van der Waals surface area (Å²) in [6, 6.07) is 14.4. The Bertz CT molecular complexity index is 543. The molecule has 0 fully saturated rings. The van der Waals surface area contributed by atoms with Gasteiger partial charge in [0.25, 0.3) is 0 Å². The Morgan fingerprint density at radius 2 is 1.60 bits per heavy atom. The molecule has 0 aliphatic rings. The minimum absolute atomic E-state index is 0.767. The van der Waals surface area contributed by atoms with Crippen LogP contribution in [0.15, 0.2) is 42.5 Å². The van der Waals surface area contributed by atoms with E-state index >= 15 is 0 Å². The molecule has 2 aromatic carbocycles. The van der Waals surface area contributed by atoms with Crippen molar-refractivity contribution in [2.24, 2.45) is 0 Å². The van der Waals surface area contributed by atoms with Gasteiger partial charge in [-0.2, -0.15) is 0 Å². The van der Waals surface area contributed by atoms with Crippen LogP contribution in [0, 0.1) is 13.8 Å². The van der Waals surface area contributed by atoms with E-state index in [9.17, 15) is 0 Å². The lowest BCUT2D eigenvalue weighted by molar-refractivity contribution is 0.913. The number of hydrogen-bond donors (Lipinski definition) is 1. The van der Waals surface area contributed by atoms with Crippen molar-refractivity contribution >= 4 is 23.0 Å². The predicted molar refractivity (Wildman–Crippen MR) is 89.1 cm³/mol. The van der Waals surface area contributed by atoms with E-state index in [2.05, 4.69) is 49.3 Å². The molecule has 0 bridgehead atoms. The van der Waals surface area contributed by atoms with Crippen molar-refractivity contribution in [3.8, 4) is 0 Å². The molecule has 1 N–H and O–H groups in total. The highest BCUT2D eigenvalue weighted by Crippen LogP contribution is 2.17. The maximum absolute atomic E-state index is 5.87. The van der Waals surface area contributed by atoms with Gasteiger partial charge in [0, 0.05) is 36.5 Å². The van der Waals surface area contributed by atoms with Gasteiger partial charge in [-0.15, -0.1) is 0 Å². The van der Waals surface area contributed by atoms with Crippen LogP contribution in [-0.4, -0.2) is 20.1 Å².